The summed E-state index contributed by atoms with van der Waals surface area (Å²) >= 11 is 0. The monoisotopic (exact) mass is 308 g/mol. The number of benzene rings is 1. The first-order chi connectivity index (χ1) is 11.3. The molecule has 0 atom stereocenters. The molecule has 4 heteroatoms. The summed E-state index contributed by atoms with van der Waals surface area (Å²) in [5, 5.41) is 0. The molecule has 0 aliphatic rings. The first kappa shape index (κ1) is 15.4. The van der Waals surface area contributed by atoms with Gasteiger partial charge in [-0.05, 0) is 36.2 Å². The maximum absolute atomic E-state index is 5.65. The molecule has 3 rings (SSSR count). The van der Waals surface area contributed by atoms with Crippen LogP contribution in [-0.4, -0.2) is 16.6 Å². The Labute approximate surface area is 136 Å². The van der Waals surface area contributed by atoms with Gasteiger partial charge in [0.25, 0.3) is 0 Å². The van der Waals surface area contributed by atoms with Crippen LogP contribution in [0, 0.1) is 0 Å². The Hall–Kier alpha value is -2.46. The molecule has 0 unspecified atom stereocenters. The van der Waals surface area contributed by atoms with E-state index in [9.17, 15) is 0 Å². The lowest BCUT2D eigenvalue weighted by molar-refractivity contribution is 0.120. The van der Waals surface area contributed by atoms with Crippen molar-refractivity contribution in [2.75, 3.05) is 6.61 Å². The zero-order valence-electron chi connectivity index (χ0n) is 13.2. The van der Waals surface area contributed by atoms with Crippen LogP contribution in [0.25, 0.3) is 11.5 Å². The minimum Gasteiger partial charge on any atom is -0.444 e. The van der Waals surface area contributed by atoms with Crippen molar-refractivity contribution in [2.45, 2.75) is 26.4 Å². The Kier molecular flexibility index (Phi) is 5.17. The van der Waals surface area contributed by atoms with Crippen LogP contribution < -0.4 is 0 Å². The standard InChI is InChI=1S/C19H20N2O2/c1-2-15-6-8-16(9-7-15)19-21-18(14-23-19)13-22-12-10-17-5-3-4-11-20-17/h3-9,11,14H,2,10,12-13H2,1H3. The van der Waals surface area contributed by atoms with E-state index in [2.05, 4.69) is 29.0 Å². The molecule has 4 nitrogen and oxygen atoms in total. The van der Waals surface area contributed by atoms with E-state index < -0.39 is 0 Å². The maximum atomic E-state index is 5.65. The van der Waals surface area contributed by atoms with Crippen LogP contribution in [0.3, 0.4) is 0 Å². The Morgan fingerprint density at radius 2 is 1.91 bits per heavy atom. The summed E-state index contributed by atoms with van der Waals surface area (Å²) < 4.78 is 11.2. The van der Waals surface area contributed by atoms with Gasteiger partial charge in [0.15, 0.2) is 0 Å². The molecule has 0 bridgehead atoms. The topological polar surface area (TPSA) is 48.2 Å². The minimum atomic E-state index is 0.448. The molecule has 0 aliphatic carbocycles. The third-order valence-corrected chi connectivity index (χ3v) is 3.64. The average molecular weight is 308 g/mol. The number of pyridine rings is 1. The molecular formula is C19H20N2O2. The molecule has 0 fully saturated rings. The molecule has 23 heavy (non-hydrogen) atoms. The lowest BCUT2D eigenvalue weighted by Gasteiger charge is -2.01. The molecule has 2 aromatic heterocycles. The smallest absolute Gasteiger partial charge is 0.226 e. The fraction of sp³-hybridized carbons (Fsp3) is 0.263. The summed E-state index contributed by atoms with van der Waals surface area (Å²) in [5.41, 5.74) is 4.13. The van der Waals surface area contributed by atoms with Crippen molar-refractivity contribution in [2.24, 2.45) is 0 Å². The van der Waals surface area contributed by atoms with Crippen molar-refractivity contribution in [1.82, 2.24) is 9.97 Å². The number of nitrogens with zero attached hydrogens (tertiary/aromatic N) is 2. The number of oxazole rings is 1. The normalized spacial score (nSPS) is 10.8. The highest BCUT2D eigenvalue weighted by molar-refractivity contribution is 5.53. The van der Waals surface area contributed by atoms with Gasteiger partial charge in [-0.2, -0.15) is 0 Å². The molecule has 1 aromatic carbocycles. The Balaban J connectivity index is 1.51. The first-order valence-corrected chi connectivity index (χ1v) is 7.86. The van der Waals surface area contributed by atoms with Gasteiger partial charge in [-0.25, -0.2) is 4.98 Å². The molecule has 2 heterocycles. The second-order valence-corrected chi connectivity index (χ2v) is 5.32. The number of rotatable bonds is 7. The number of aryl methyl sites for hydroxylation is 1. The molecule has 0 aliphatic heterocycles. The molecule has 3 aromatic rings. The van der Waals surface area contributed by atoms with Crippen LogP contribution in [0.2, 0.25) is 0 Å². The van der Waals surface area contributed by atoms with Crippen LogP contribution in [-0.2, 0) is 24.2 Å². The van der Waals surface area contributed by atoms with Gasteiger partial charge in [0.05, 0.1) is 13.2 Å². The van der Waals surface area contributed by atoms with E-state index in [1.165, 1.54) is 5.56 Å². The fourth-order valence-electron chi connectivity index (χ4n) is 2.29. The van der Waals surface area contributed by atoms with Gasteiger partial charge in [0, 0.05) is 23.9 Å². The highest BCUT2D eigenvalue weighted by atomic mass is 16.5. The minimum absolute atomic E-state index is 0.448. The number of hydrogen-bond acceptors (Lipinski definition) is 4. The van der Waals surface area contributed by atoms with Crippen molar-refractivity contribution in [3.8, 4) is 11.5 Å². The number of ether oxygens (including phenoxy) is 1. The molecule has 0 radical (unpaired) electrons. The van der Waals surface area contributed by atoms with Gasteiger partial charge in [-0.1, -0.05) is 25.1 Å². The van der Waals surface area contributed by atoms with E-state index in [1.807, 2.05) is 30.3 Å². The van der Waals surface area contributed by atoms with Crippen LogP contribution in [0.4, 0.5) is 0 Å². The third-order valence-electron chi connectivity index (χ3n) is 3.64. The highest BCUT2D eigenvalue weighted by Crippen LogP contribution is 2.19. The van der Waals surface area contributed by atoms with Gasteiger partial charge in [0.2, 0.25) is 5.89 Å². The zero-order valence-corrected chi connectivity index (χ0v) is 13.2. The number of aromatic nitrogens is 2. The fourth-order valence-corrected chi connectivity index (χ4v) is 2.29. The van der Waals surface area contributed by atoms with Crippen LogP contribution in [0.1, 0.15) is 23.9 Å². The Morgan fingerprint density at radius 1 is 1.04 bits per heavy atom. The summed E-state index contributed by atoms with van der Waals surface area (Å²) in [6, 6.07) is 14.2. The van der Waals surface area contributed by atoms with Crippen molar-refractivity contribution in [3.63, 3.8) is 0 Å². The SMILES string of the molecule is CCc1ccc(-c2nc(COCCc3ccccn3)co2)cc1. The molecule has 0 spiro atoms. The van der Waals surface area contributed by atoms with Crippen LogP contribution in [0.5, 0.6) is 0 Å². The van der Waals surface area contributed by atoms with Crippen molar-refractivity contribution >= 4 is 0 Å². The highest BCUT2D eigenvalue weighted by Gasteiger charge is 2.07. The van der Waals surface area contributed by atoms with Crippen LogP contribution in [0.15, 0.2) is 59.3 Å². The van der Waals surface area contributed by atoms with E-state index in [0.29, 0.717) is 19.1 Å². The lowest BCUT2D eigenvalue weighted by atomic mass is 10.1. The molecule has 0 saturated heterocycles. The largest absolute Gasteiger partial charge is 0.444 e. The summed E-state index contributed by atoms with van der Waals surface area (Å²) in [5.74, 6) is 0.635. The molecular weight excluding hydrogens is 288 g/mol. The predicted octanol–water partition coefficient (Wildman–Crippen LogP) is 4.06. The van der Waals surface area contributed by atoms with Crippen LogP contribution >= 0.6 is 0 Å². The molecule has 0 amide bonds. The van der Waals surface area contributed by atoms with Gasteiger partial charge in [0.1, 0.15) is 12.0 Å². The Morgan fingerprint density at radius 3 is 2.65 bits per heavy atom. The van der Waals surface area contributed by atoms with Gasteiger partial charge in [-0.15, -0.1) is 0 Å². The molecule has 118 valence electrons. The summed E-state index contributed by atoms with van der Waals surface area (Å²) in [6.45, 7) is 3.20. The third kappa shape index (κ3) is 4.27. The summed E-state index contributed by atoms with van der Waals surface area (Å²) in [4.78, 5) is 8.74. The van der Waals surface area contributed by atoms with E-state index in [-0.39, 0.29) is 0 Å². The quantitative estimate of drug-likeness (QED) is 0.618. The second-order valence-electron chi connectivity index (χ2n) is 5.32. The first-order valence-electron chi connectivity index (χ1n) is 7.86. The van der Waals surface area contributed by atoms with Gasteiger partial charge in [-0.3, -0.25) is 4.98 Å². The lowest BCUT2D eigenvalue weighted by Crippen LogP contribution is -2.00. The Bertz CT molecular complexity index is 721. The molecule has 0 N–H and O–H groups in total. The van der Waals surface area contributed by atoms with E-state index in [4.69, 9.17) is 9.15 Å². The maximum Gasteiger partial charge on any atom is 0.226 e. The summed E-state index contributed by atoms with van der Waals surface area (Å²) in [6.07, 6.45) is 5.28. The van der Waals surface area contributed by atoms with E-state index in [1.54, 1.807) is 12.5 Å². The van der Waals surface area contributed by atoms with Gasteiger partial charge >= 0.3 is 0 Å². The average Bonchev–Trinajstić information content (AvgIpc) is 3.09. The van der Waals surface area contributed by atoms with Crippen molar-refractivity contribution in [3.05, 3.63) is 71.9 Å². The van der Waals surface area contributed by atoms with Gasteiger partial charge < -0.3 is 9.15 Å². The predicted molar refractivity (Wildman–Crippen MR) is 88.9 cm³/mol. The summed E-state index contributed by atoms with van der Waals surface area (Å²) in [7, 11) is 0. The van der Waals surface area contributed by atoms with Crippen molar-refractivity contribution in [1.29, 1.82) is 0 Å². The number of hydrogen-bond donors (Lipinski definition) is 0. The molecule has 0 saturated carbocycles. The van der Waals surface area contributed by atoms with E-state index >= 15 is 0 Å². The second kappa shape index (κ2) is 7.70. The zero-order chi connectivity index (χ0) is 15.9. The van der Waals surface area contributed by atoms with E-state index in [0.717, 1.165) is 29.8 Å². The van der Waals surface area contributed by atoms with Crippen molar-refractivity contribution < 1.29 is 9.15 Å².